The third-order valence-corrected chi connectivity index (χ3v) is 3.75. The Morgan fingerprint density at radius 2 is 1.90 bits per heavy atom. The lowest BCUT2D eigenvalue weighted by Crippen LogP contribution is -2.15. The second-order valence-electron chi connectivity index (χ2n) is 5.29. The van der Waals surface area contributed by atoms with E-state index < -0.39 is 0 Å². The first-order valence-corrected chi connectivity index (χ1v) is 7.15. The van der Waals surface area contributed by atoms with Crippen molar-refractivity contribution in [2.75, 3.05) is 7.05 Å². The molecule has 1 aliphatic rings. The van der Waals surface area contributed by atoms with Gasteiger partial charge in [-0.05, 0) is 47.7 Å². The Morgan fingerprint density at radius 3 is 2.67 bits per heavy atom. The number of hydrogen-bond acceptors (Lipinski definition) is 3. The standard InChI is InChI=1S/C18H19NO2/c1-19(20)17-9-7-15-8-10-18(12-16(15)11-17)21-13-14-5-3-2-4-6-14/h2-6,8,10-12,20H,7,9,13H2,1H3. The summed E-state index contributed by atoms with van der Waals surface area (Å²) < 4.78 is 5.85. The molecule has 0 saturated carbocycles. The summed E-state index contributed by atoms with van der Waals surface area (Å²) in [5.74, 6) is 0.857. The molecule has 3 nitrogen and oxygen atoms in total. The molecule has 0 radical (unpaired) electrons. The lowest BCUT2D eigenvalue weighted by Gasteiger charge is -2.21. The highest BCUT2D eigenvalue weighted by Crippen LogP contribution is 2.28. The number of ether oxygens (including phenoxy) is 1. The predicted molar refractivity (Wildman–Crippen MR) is 83.1 cm³/mol. The van der Waals surface area contributed by atoms with E-state index in [1.165, 1.54) is 10.6 Å². The van der Waals surface area contributed by atoms with Crippen LogP contribution in [0.3, 0.4) is 0 Å². The Kier molecular flexibility index (Phi) is 3.93. The molecule has 21 heavy (non-hydrogen) atoms. The molecular formula is C18H19NO2. The van der Waals surface area contributed by atoms with Crippen LogP contribution in [0.2, 0.25) is 0 Å². The Morgan fingerprint density at radius 1 is 1.10 bits per heavy atom. The molecule has 3 heteroatoms. The highest BCUT2D eigenvalue weighted by molar-refractivity contribution is 5.60. The first-order valence-electron chi connectivity index (χ1n) is 7.15. The normalized spacial score (nSPS) is 13.3. The summed E-state index contributed by atoms with van der Waals surface area (Å²) in [5.41, 5.74) is 4.51. The molecule has 0 aliphatic heterocycles. The van der Waals surface area contributed by atoms with Crippen LogP contribution >= 0.6 is 0 Å². The molecule has 0 saturated heterocycles. The molecule has 3 rings (SSSR count). The zero-order valence-corrected chi connectivity index (χ0v) is 12.1. The van der Waals surface area contributed by atoms with Crippen LogP contribution in [0.15, 0.2) is 54.2 Å². The monoisotopic (exact) mass is 281 g/mol. The number of hydroxylamine groups is 2. The third-order valence-electron chi connectivity index (χ3n) is 3.75. The van der Waals surface area contributed by atoms with Gasteiger partial charge in [0.2, 0.25) is 0 Å². The van der Waals surface area contributed by atoms with E-state index in [1.807, 2.05) is 36.4 Å². The number of allylic oxidation sites excluding steroid dienone is 1. The van der Waals surface area contributed by atoms with Gasteiger partial charge in [0.1, 0.15) is 12.4 Å². The second-order valence-corrected chi connectivity index (χ2v) is 5.29. The molecule has 1 N–H and O–H groups in total. The summed E-state index contributed by atoms with van der Waals surface area (Å²) in [7, 11) is 1.66. The second kappa shape index (κ2) is 6.02. The molecule has 0 unspecified atom stereocenters. The predicted octanol–water partition coefficient (Wildman–Crippen LogP) is 3.87. The van der Waals surface area contributed by atoms with Crippen molar-refractivity contribution >= 4 is 6.08 Å². The Balaban J connectivity index is 1.76. The van der Waals surface area contributed by atoms with E-state index in [0.29, 0.717) is 6.61 Å². The summed E-state index contributed by atoms with van der Waals surface area (Å²) in [6.45, 7) is 0.566. The lowest BCUT2D eigenvalue weighted by molar-refractivity contribution is -0.0304. The molecule has 0 aromatic heterocycles. The Labute approximate surface area is 125 Å². The van der Waals surface area contributed by atoms with Gasteiger partial charge in [-0.25, -0.2) is 0 Å². The van der Waals surface area contributed by atoms with Crippen LogP contribution in [0.1, 0.15) is 23.1 Å². The first kappa shape index (κ1) is 13.7. The molecule has 0 amide bonds. The van der Waals surface area contributed by atoms with E-state index in [2.05, 4.69) is 18.2 Å². The van der Waals surface area contributed by atoms with Crippen LogP contribution in [-0.2, 0) is 13.0 Å². The maximum absolute atomic E-state index is 9.56. The van der Waals surface area contributed by atoms with Crippen LogP contribution in [0, 0.1) is 0 Å². The van der Waals surface area contributed by atoms with Crippen molar-refractivity contribution in [3.63, 3.8) is 0 Å². The van der Waals surface area contributed by atoms with Crippen molar-refractivity contribution < 1.29 is 9.94 Å². The zero-order valence-electron chi connectivity index (χ0n) is 12.1. The average Bonchev–Trinajstić information content (AvgIpc) is 2.53. The minimum Gasteiger partial charge on any atom is -0.489 e. The van der Waals surface area contributed by atoms with Crippen molar-refractivity contribution in [2.45, 2.75) is 19.4 Å². The maximum atomic E-state index is 9.56. The van der Waals surface area contributed by atoms with Crippen LogP contribution in [-0.4, -0.2) is 17.3 Å². The summed E-state index contributed by atoms with van der Waals surface area (Å²) in [4.78, 5) is 0. The molecule has 0 fully saturated rings. The van der Waals surface area contributed by atoms with Gasteiger partial charge in [0.25, 0.3) is 0 Å². The number of hydrogen-bond donors (Lipinski definition) is 1. The van der Waals surface area contributed by atoms with Gasteiger partial charge < -0.3 is 4.74 Å². The van der Waals surface area contributed by atoms with Gasteiger partial charge >= 0.3 is 0 Å². The Bertz CT molecular complexity index is 648. The first-order chi connectivity index (χ1) is 10.2. The zero-order chi connectivity index (χ0) is 14.7. The largest absolute Gasteiger partial charge is 0.489 e. The minimum absolute atomic E-state index is 0.566. The molecule has 108 valence electrons. The molecule has 0 atom stereocenters. The Hall–Kier alpha value is -2.26. The molecule has 0 spiro atoms. The van der Waals surface area contributed by atoms with Crippen LogP contribution in [0.5, 0.6) is 5.75 Å². The number of rotatable bonds is 4. The van der Waals surface area contributed by atoms with E-state index >= 15 is 0 Å². The van der Waals surface area contributed by atoms with Gasteiger partial charge in [-0.15, -0.1) is 0 Å². The highest BCUT2D eigenvalue weighted by atomic mass is 16.5. The van der Waals surface area contributed by atoms with Gasteiger partial charge in [0, 0.05) is 12.7 Å². The van der Waals surface area contributed by atoms with Gasteiger partial charge in [-0.2, -0.15) is 0 Å². The number of benzene rings is 2. The molecular weight excluding hydrogens is 262 g/mol. The van der Waals surface area contributed by atoms with Crippen molar-refractivity contribution in [3.8, 4) is 5.75 Å². The summed E-state index contributed by atoms with van der Waals surface area (Å²) in [6.07, 6.45) is 3.84. The topological polar surface area (TPSA) is 32.7 Å². The molecule has 0 bridgehead atoms. The fourth-order valence-corrected chi connectivity index (χ4v) is 2.54. The summed E-state index contributed by atoms with van der Waals surface area (Å²) >= 11 is 0. The third kappa shape index (κ3) is 3.26. The smallest absolute Gasteiger partial charge is 0.120 e. The van der Waals surface area contributed by atoms with Gasteiger partial charge in [-0.3, -0.25) is 10.3 Å². The molecule has 0 heterocycles. The van der Waals surface area contributed by atoms with Crippen LogP contribution < -0.4 is 4.74 Å². The van der Waals surface area contributed by atoms with Gasteiger partial charge in [-0.1, -0.05) is 36.4 Å². The maximum Gasteiger partial charge on any atom is 0.120 e. The van der Waals surface area contributed by atoms with Crippen molar-refractivity contribution in [1.82, 2.24) is 5.06 Å². The van der Waals surface area contributed by atoms with Gasteiger partial charge in [0.05, 0.1) is 0 Å². The van der Waals surface area contributed by atoms with Crippen LogP contribution in [0.25, 0.3) is 6.08 Å². The average molecular weight is 281 g/mol. The molecule has 2 aromatic rings. The van der Waals surface area contributed by atoms with E-state index in [0.717, 1.165) is 35.4 Å². The number of fused-ring (bicyclic) bond motifs is 1. The van der Waals surface area contributed by atoms with E-state index in [4.69, 9.17) is 4.74 Å². The quantitative estimate of drug-likeness (QED) is 0.863. The molecule has 1 aliphatic carbocycles. The van der Waals surface area contributed by atoms with Crippen LogP contribution in [0.4, 0.5) is 0 Å². The van der Waals surface area contributed by atoms with E-state index in [-0.39, 0.29) is 0 Å². The fraction of sp³-hybridized carbons (Fsp3) is 0.222. The highest BCUT2D eigenvalue weighted by Gasteiger charge is 2.13. The van der Waals surface area contributed by atoms with Gasteiger partial charge in [0.15, 0.2) is 0 Å². The number of nitrogens with zero attached hydrogens (tertiary/aromatic N) is 1. The summed E-state index contributed by atoms with van der Waals surface area (Å²) in [5, 5.41) is 10.8. The number of aryl methyl sites for hydroxylation is 1. The fourth-order valence-electron chi connectivity index (χ4n) is 2.54. The van der Waals surface area contributed by atoms with Crippen molar-refractivity contribution in [1.29, 1.82) is 0 Å². The van der Waals surface area contributed by atoms with E-state index in [1.54, 1.807) is 7.05 Å². The lowest BCUT2D eigenvalue weighted by atomic mass is 9.95. The van der Waals surface area contributed by atoms with Crippen molar-refractivity contribution in [2.24, 2.45) is 0 Å². The van der Waals surface area contributed by atoms with Crippen molar-refractivity contribution in [3.05, 3.63) is 70.9 Å². The summed E-state index contributed by atoms with van der Waals surface area (Å²) in [6, 6.07) is 16.3. The SMILES string of the molecule is CN(O)C1=Cc2cc(OCc3ccccc3)ccc2CC1. The molecule has 2 aromatic carbocycles. The van der Waals surface area contributed by atoms with E-state index in [9.17, 15) is 5.21 Å². The minimum atomic E-state index is 0.566.